The van der Waals surface area contributed by atoms with E-state index in [1.807, 2.05) is 0 Å². The van der Waals surface area contributed by atoms with Crippen molar-refractivity contribution in [1.82, 2.24) is 10.2 Å². The number of carbonyl (C=O) groups is 2. The molecule has 1 saturated heterocycles. The largest absolute Gasteiger partial charge is 0.465 e. The Hall–Kier alpha value is -1.30. The molecule has 92 valence electrons. The van der Waals surface area contributed by atoms with E-state index in [2.05, 4.69) is 5.32 Å². The van der Waals surface area contributed by atoms with Crippen molar-refractivity contribution in [2.45, 2.75) is 44.8 Å². The molecule has 1 aliphatic rings. The van der Waals surface area contributed by atoms with Crippen LogP contribution in [-0.2, 0) is 4.79 Å². The molecule has 0 aliphatic carbocycles. The molecule has 2 amide bonds. The molecular weight excluding hydrogens is 210 g/mol. The second kappa shape index (κ2) is 4.29. The van der Waals surface area contributed by atoms with Crippen LogP contribution in [0.1, 0.15) is 27.2 Å². The fourth-order valence-corrected chi connectivity index (χ4v) is 1.99. The standard InChI is InChI=1S/C10H19N3O3/c1-10(2,3)13(9(15)16)7-4-8(14)12-5-6(7)11/h6-7H,4-5,11H2,1-3H3,(H,12,14)(H,15,16)/t6-,7-/m0/s1. The first-order chi connectivity index (χ1) is 7.23. The number of nitrogens with zero attached hydrogens (tertiary/aromatic N) is 1. The molecule has 1 aliphatic heterocycles. The predicted molar refractivity (Wildman–Crippen MR) is 59.0 cm³/mol. The number of nitrogens with two attached hydrogens (primary N) is 1. The number of rotatable bonds is 1. The zero-order valence-corrected chi connectivity index (χ0v) is 9.86. The van der Waals surface area contributed by atoms with E-state index in [4.69, 9.17) is 5.73 Å². The van der Waals surface area contributed by atoms with Gasteiger partial charge in [0.2, 0.25) is 5.91 Å². The van der Waals surface area contributed by atoms with Gasteiger partial charge < -0.3 is 16.2 Å². The fourth-order valence-electron chi connectivity index (χ4n) is 1.99. The van der Waals surface area contributed by atoms with Crippen LogP contribution in [0.2, 0.25) is 0 Å². The number of amides is 2. The molecule has 6 nitrogen and oxygen atoms in total. The number of nitrogens with one attached hydrogen (secondary N) is 1. The van der Waals surface area contributed by atoms with Crippen LogP contribution < -0.4 is 11.1 Å². The number of carbonyl (C=O) groups excluding carboxylic acids is 1. The van der Waals surface area contributed by atoms with Gasteiger partial charge in [-0.3, -0.25) is 9.69 Å². The van der Waals surface area contributed by atoms with Crippen LogP contribution >= 0.6 is 0 Å². The Balaban J connectivity index is 2.93. The van der Waals surface area contributed by atoms with E-state index >= 15 is 0 Å². The fraction of sp³-hybridized carbons (Fsp3) is 0.800. The third kappa shape index (κ3) is 2.63. The third-order valence-corrected chi connectivity index (χ3v) is 2.68. The Kier molecular flexibility index (Phi) is 3.42. The molecule has 0 aromatic heterocycles. The number of hydrogen-bond acceptors (Lipinski definition) is 3. The number of piperidine rings is 1. The lowest BCUT2D eigenvalue weighted by atomic mass is 9.94. The normalized spacial score (nSPS) is 26.1. The Labute approximate surface area is 94.8 Å². The lowest BCUT2D eigenvalue weighted by Gasteiger charge is -2.43. The molecule has 1 heterocycles. The molecular formula is C10H19N3O3. The molecule has 0 saturated carbocycles. The molecule has 0 unspecified atom stereocenters. The van der Waals surface area contributed by atoms with Crippen molar-refractivity contribution < 1.29 is 14.7 Å². The summed E-state index contributed by atoms with van der Waals surface area (Å²) in [6, 6.07) is -0.806. The van der Waals surface area contributed by atoms with E-state index in [9.17, 15) is 14.7 Å². The Morgan fingerprint density at radius 3 is 2.56 bits per heavy atom. The third-order valence-electron chi connectivity index (χ3n) is 2.68. The Morgan fingerprint density at radius 1 is 1.56 bits per heavy atom. The first-order valence-corrected chi connectivity index (χ1v) is 5.28. The van der Waals surface area contributed by atoms with Crippen molar-refractivity contribution in [3.05, 3.63) is 0 Å². The summed E-state index contributed by atoms with van der Waals surface area (Å²) in [5, 5.41) is 11.8. The summed E-state index contributed by atoms with van der Waals surface area (Å²) in [5.74, 6) is -0.151. The van der Waals surface area contributed by atoms with Gasteiger partial charge in [0.15, 0.2) is 0 Å². The first-order valence-electron chi connectivity index (χ1n) is 5.28. The molecule has 2 atom stereocenters. The summed E-state index contributed by atoms with van der Waals surface area (Å²) in [7, 11) is 0. The second-order valence-corrected chi connectivity index (χ2v) is 5.06. The van der Waals surface area contributed by atoms with Crippen LogP contribution in [0.25, 0.3) is 0 Å². The maximum absolute atomic E-state index is 11.3. The van der Waals surface area contributed by atoms with Crippen LogP contribution in [0, 0.1) is 0 Å². The lowest BCUT2D eigenvalue weighted by molar-refractivity contribution is -0.124. The van der Waals surface area contributed by atoms with E-state index in [-0.39, 0.29) is 18.4 Å². The minimum Gasteiger partial charge on any atom is -0.465 e. The lowest BCUT2D eigenvalue weighted by Crippen LogP contribution is -2.63. The number of hydrogen-bond donors (Lipinski definition) is 3. The summed E-state index contributed by atoms with van der Waals surface area (Å²) in [6.45, 7) is 5.70. The zero-order chi connectivity index (χ0) is 12.5. The molecule has 16 heavy (non-hydrogen) atoms. The van der Waals surface area contributed by atoms with Gasteiger partial charge in [0, 0.05) is 24.5 Å². The van der Waals surface area contributed by atoms with Gasteiger partial charge >= 0.3 is 6.09 Å². The monoisotopic (exact) mass is 229 g/mol. The van der Waals surface area contributed by atoms with E-state index in [0.29, 0.717) is 6.54 Å². The second-order valence-electron chi connectivity index (χ2n) is 5.06. The van der Waals surface area contributed by atoms with Gasteiger partial charge in [-0.1, -0.05) is 0 Å². The van der Waals surface area contributed by atoms with Crippen LogP contribution in [-0.4, -0.2) is 46.2 Å². The van der Waals surface area contributed by atoms with Gasteiger partial charge in [0.25, 0.3) is 0 Å². The molecule has 0 radical (unpaired) electrons. The van der Waals surface area contributed by atoms with Gasteiger partial charge in [0.05, 0.1) is 6.04 Å². The smallest absolute Gasteiger partial charge is 0.408 e. The van der Waals surface area contributed by atoms with E-state index in [1.54, 1.807) is 20.8 Å². The average molecular weight is 229 g/mol. The maximum atomic E-state index is 11.3. The molecule has 1 rings (SSSR count). The van der Waals surface area contributed by atoms with E-state index in [0.717, 1.165) is 0 Å². The minimum absolute atomic E-state index is 0.130. The summed E-state index contributed by atoms with van der Waals surface area (Å²) < 4.78 is 0. The highest BCUT2D eigenvalue weighted by atomic mass is 16.4. The van der Waals surface area contributed by atoms with Crippen molar-refractivity contribution in [3.63, 3.8) is 0 Å². The van der Waals surface area contributed by atoms with Crippen LogP contribution in [0.3, 0.4) is 0 Å². The maximum Gasteiger partial charge on any atom is 0.408 e. The molecule has 0 aromatic rings. The van der Waals surface area contributed by atoms with Crippen molar-refractivity contribution in [2.24, 2.45) is 5.73 Å². The Morgan fingerprint density at radius 2 is 2.12 bits per heavy atom. The summed E-state index contributed by atoms with van der Waals surface area (Å²) in [6.07, 6.45) is -0.910. The van der Waals surface area contributed by atoms with Crippen LogP contribution in [0.15, 0.2) is 0 Å². The van der Waals surface area contributed by atoms with Crippen LogP contribution in [0.5, 0.6) is 0 Å². The highest BCUT2D eigenvalue weighted by Gasteiger charge is 2.39. The SMILES string of the molecule is CC(C)(C)N(C(=O)O)[C@H]1CC(=O)NC[C@@H]1N. The topological polar surface area (TPSA) is 95.7 Å². The molecule has 1 fully saturated rings. The summed E-state index contributed by atoms with van der Waals surface area (Å²) >= 11 is 0. The molecule has 4 N–H and O–H groups in total. The van der Waals surface area contributed by atoms with Gasteiger partial charge in [-0.2, -0.15) is 0 Å². The van der Waals surface area contributed by atoms with E-state index < -0.39 is 17.7 Å². The van der Waals surface area contributed by atoms with Gasteiger partial charge in [-0.05, 0) is 20.8 Å². The molecule has 6 heteroatoms. The zero-order valence-electron chi connectivity index (χ0n) is 9.86. The van der Waals surface area contributed by atoms with Crippen molar-refractivity contribution in [1.29, 1.82) is 0 Å². The summed E-state index contributed by atoms with van der Waals surface area (Å²) in [4.78, 5) is 23.8. The average Bonchev–Trinajstić information content (AvgIpc) is 2.08. The first kappa shape index (κ1) is 12.8. The predicted octanol–water partition coefficient (Wildman–Crippen LogP) is -0.0193. The minimum atomic E-state index is -1.04. The highest BCUT2D eigenvalue weighted by Crippen LogP contribution is 2.22. The molecule has 0 spiro atoms. The van der Waals surface area contributed by atoms with Crippen molar-refractivity contribution in [3.8, 4) is 0 Å². The van der Waals surface area contributed by atoms with Crippen LogP contribution in [0.4, 0.5) is 4.79 Å². The van der Waals surface area contributed by atoms with Gasteiger partial charge in [-0.25, -0.2) is 4.79 Å². The summed E-state index contributed by atoms with van der Waals surface area (Å²) in [5.41, 5.74) is 5.29. The number of carboxylic acid groups (broad SMARTS) is 1. The van der Waals surface area contributed by atoms with E-state index in [1.165, 1.54) is 4.90 Å². The van der Waals surface area contributed by atoms with Gasteiger partial charge in [0.1, 0.15) is 0 Å². The van der Waals surface area contributed by atoms with Gasteiger partial charge in [-0.15, -0.1) is 0 Å². The quantitative estimate of drug-likeness (QED) is 0.589. The highest BCUT2D eigenvalue weighted by molar-refractivity contribution is 5.79. The van der Waals surface area contributed by atoms with Crippen molar-refractivity contribution in [2.75, 3.05) is 6.54 Å². The molecule has 0 aromatic carbocycles. The molecule has 0 bridgehead atoms. The Bertz CT molecular complexity index is 298. The van der Waals surface area contributed by atoms with Crippen molar-refractivity contribution >= 4 is 12.0 Å².